The van der Waals surface area contributed by atoms with Gasteiger partial charge in [-0.25, -0.2) is 0 Å². The van der Waals surface area contributed by atoms with Crippen LogP contribution in [0.1, 0.15) is 166 Å². The zero-order chi connectivity index (χ0) is 71.9. The van der Waals surface area contributed by atoms with Gasteiger partial charge in [-0.1, -0.05) is 171 Å². The second-order valence-corrected chi connectivity index (χ2v) is 25.3. The molecule has 2 radical (unpaired) electrons. The molecule has 0 bridgehead atoms. The Balaban J connectivity index is 0.000000457. The summed E-state index contributed by atoms with van der Waals surface area (Å²) in [6.45, 7) is 4.71. The number of rotatable bonds is 12. The molecule has 13 nitrogen and oxygen atoms in total. The summed E-state index contributed by atoms with van der Waals surface area (Å²) in [5.41, 5.74) is 27.8. The maximum atomic E-state index is 12.6. The molecule has 0 aromatic heterocycles. The first-order chi connectivity index (χ1) is 47.9. The van der Waals surface area contributed by atoms with Crippen LogP contribution in [-0.4, -0.2) is 59.8 Å². The Morgan fingerprint density at radius 1 is 0.510 bits per heavy atom. The number of methoxy groups -OCH3 is 2. The van der Waals surface area contributed by atoms with Crippen molar-refractivity contribution in [3.63, 3.8) is 0 Å². The summed E-state index contributed by atoms with van der Waals surface area (Å²) in [6.07, 6.45) is 23.0. The van der Waals surface area contributed by atoms with Crippen LogP contribution >= 0.6 is 67.8 Å². The number of nitrogens with one attached hydrogen (secondary N) is 4. The van der Waals surface area contributed by atoms with Gasteiger partial charge in [0.2, 0.25) is 0 Å². The van der Waals surface area contributed by atoms with Gasteiger partial charge in [-0.15, -0.1) is 6.42 Å². The van der Waals surface area contributed by atoms with Crippen molar-refractivity contribution in [3.8, 4) is 47.5 Å². The summed E-state index contributed by atoms with van der Waals surface area (Å²) in [6, 6.07) is 60.1. The van der Waals surface area contributed by atoms with Gasteiger partial charge in [0.15, 0.2) is 0 Å². The second-order valence-electron chi connectivity index (χ2n) is 24.1. The smallest absolute Gasteiger partial charge is 0.255 e. The van der Waals surface area contributed by atoms with Gasteiger partial charge in [0.05, 0.1) is 42.2 Å². The number of nitrogen functional groups attached to an aromatic ring is 1. The van der Waals surface area contributed by atoms with Crippen molar-refractivity contribution in [1.29, 1.82) is 0 Å². The van der Waals surface area contributed by atoms with Crippen molar-refractivity contribution in [2.24, 2.45) is 11.5 Å². The molecule has 0 saturated heterocycles. The molecule has 0 aliphatic heterocycles. The summed E-state index contributed by atoms with van der Waals surface area (Å²) < 4.78 is 11.3. The molecule has 3 amide bonds. The molecular weight excluding hydrogens is 1690 g/mol. The number of ether oxygens (including phenoxy) is 2. The number of anilines is 4. The van der Waals surface area contributed by atoms with Gasteiger partial charge in [-0.3, -0.25) is 29.4 Å². The topological polar surface area (TPSA) is 213 Å². The Morgan fingerprint density at radius 2 is 0.873 bits per heavy atom. The molecule has 11 rings (SSSR count). The fraction of sp³-hybridized carbons (Fsp3) is 0.286. The van der Waals surface area contributed by atoms with Gasteiger partial charge >= 0.3 is 0 Å². The first kappa shape index (κ1) is 91.2. The van der Waals surface area contributed by atoms with Gasteiger partial charge in [0.1, 0.15) is 17.8 Å². The molecule has 18 heteroatoms. The van der Waals surface area contributed by atoms with E-state index in [2.05, 4.69) is 113 Å². The maximum absolute atomic E-state index is 12.6. The van der Waals surface area contributed by atoms with Gasteiger partial charge in [-0.2, -0.15) is 0 Å². The van der Waals surface area contributed by atoms with Gasteiger partial charge < -0.3 is 72.6 Å². The molecule has 10 N–H and O–H groups in total. The zero-order valence-electron chi connectivity index (χ0n) is 59.4. The quantitative estimate of drug-likeness (QED) is 0.0154. The average molecular weight is 1780 g/mol. The largest absolute Gasteiger partial charge is 0.497 e. The van der Waals surface area contributed by atoms with E-state index in [1.165, 1.54) is 50.5 Å². The van der Waals surface area contributed by atoms with E-state index in [9.17, 15) is 19.2 Å². The number of aryl methyl sites for hydroxylation is 2. The van der Waals surface area contributed by atoms with Gasteiger partial charge in [-0.05, 0) is 230 Å². The van der Waals surface area contributed by atoms with E-state index in [0.29, 0.717) is 33.6 Å². The van der Waals surface area contributed by atoms with E-state index in [1.54, 1.807) is 62.8 Å². The SMILES string of the molecule is C#CC1(N)CCCCC1.CI.COc1ccc(C=O)cc1.COc1ccc(CNC2(C#Cc3ccc(C(=O)Nc4ccccc4N)cc3)CCCCC2)cc1.Cc1ccccc1NC(=O)c1ccc(C#CC2(N)CCCCC2)cc1.Cc1ccccc1NC(=O)c1ccc(I)cc1.[CH2-]I.[CH3-].[V].[V]. The summed E-state index contributed by atoms with van der Waals surface area (Å²) in [7, 11) is 3.27. The average Bonchev–Trinajstić information content (AvgIpc) is 0.875. The summed E-state index contributed by atoms with van der Waals surface area (Å²) in [5.74, 6) is 17.2. The van der Waals surface area contributed by atoms with Crippen molar-refractivity contribution >= 4 is 115 Å². The van der Waals surface area contributed by atoms with Crippen molar-refractivity contribution in [2.75, 3.05) is 40.8 Å². The van der Waals surface area contributed by atoms with E-state index in [4.69, 9.17) is 33.1 Å². The summed E-state index contributed by atoms with van der Waals surface area (Å²) in [4.78, 5) is 52.3. The standard InChI is InChI=1S/C29H31N3O2.C22H24N2O.C14H12INO.C8H13N.C8H8O2.CH3I.CH2I.CH3.2V/c1-34-25-15-11-23(12-16-25)21-31-29(18-5-2-6-19-29)20-17-22-9-13-24(14-10-22)28(33)32-27-8-4-3-7-26(27)30;1-17-7-3-4-8-20(17)24-21(25)19-11-9-18(10-12-19)13-16-22(23)14-5-2-6-15-22;1-10-4-2-3-5-13(10)16-14(17)11-6-8-12(15)9-7-11;1-2-8(9)6-4-3-5-7-8;1-10-8-4-2-7(6-9)3-5-8;2*1-2;;;/h3-4,7-16,31H,2,5-6,18-19,21,30H2,1H3,(H,32,33);3-4,7-12H,2,5-6,14-15,23H2,1H3,(H,24,25);2-9H,1H3,(H,16,17);1H,3-7,9H2;2-6H,1H3;1H3;1H2;1H3;;/q;;;;;;2*-1;;. The number of nitrogens with two attached hydrogens (primary N) is 3. The predicted octanol–water partition coefficient (Wildman–Crippen LogP) is 19.0. The third-order valence-corrected chi connectivity index (χ3v) is 17.5. The number of alkyl halides is 1. The van der Waals surface area contributed by atoms with Crippen LogP contribution in [0, 0.1) is 65.8 Å². The number of para-hydroxylation sites is 4. The zero-order valence-corrected chi connectivity index (χ0v) is 68.6. The van der Waals surface area contributed by atoms with E-state index in [0.717, 1.165) is 113 Å². The van der Waals surface area contributed by atoms with Crippen LogP contribution in [0.15, 0.2) is 194 Å². The van der Waals surface area contributed by atoms with Crippen molar-refractivity contribution in [1.82, 2.24) is 5.32 Å². The molecule has 3 saturated carbocycles. The number of hydrogen-bond donors (Lipinski definition) is 7. The minimum absolute atomic E-state index is 0. The van der Waals surface area contributed by atoms with Gasteiger partial charge in [0.25, 0.3) is 17.7 Å². The number of amides is 3. The first-order valence-electron chi connectivity index (χ1n) is 33.0. The number of benzene rings is 8. The second kappa shape index (κ2) is 49.8. The Bertz CT molecular complexity index is 3960. The van der Waals surface area contributed by atoms with Crippen LogP contribution in [0.3, 0.4) is 0 Å². The molecule has 3 aliphatic carbocycles. The molecule has 0 spiro atoms. The first-order valence-corrected chi connectivity index (χ1v) is 37.8. The number of terminal acetylenes is 1. The number of carbonyl (C=O) groups is 4. The molecule has 0 heterocycles. The Hall–Kier alpha value is -6.84. The fourth-order valence-electron chi connectivity index (χ4n) is 10.9. The number of carbonyl (C=O) groups excluding carboxylic acids is 4. The third-order valence-electron chi connectivity index (χ3n) is 16.8. The van der Waals surface area contributed by atoms with Gasteiger partial charge in [0, 0.05) is 92.0 Å². The van der Waals surface area contributed by atoms with Crippen LogP contribution in [0.2, 0.25) is 0 Å². The molecule has 8 aromatic carbocycles. The minimum Gasteiger partial charge on any atom is -0.497 e. The third kappa shape index (κ3) is 32.0. The maximum Gasteiger partial charge on any atom is 0.255 e. The van der Waals surface area contributed by atoms with Crippen LogP contribution in [0.4, 0.5) is 22.7 Å². The van der Waals surface area contributed by atoms with Crippen LogP contribution < -0.4 is 47.9 Å². The number of halogens is 3. The summed E-state index contributed by atoms with van der Waals surface area (Å²) in [5, 5.41) is 12.4. The minimum atomic E-state index is -0.348. The predicted molar refractivity (Wildman–Crippen MR) is 441 cm³/mol. The Kier molecular flexibility index (Phi) is 44.5. The fourth-order valence-corrected chi connectivity index (χ4v) is 11.2. The molecule has 8 aromatic rings. The van der Waals surface area contributed by atoms with Crippen molar-refractivity contribution < 1.29 is 65.8 Å². The molecule has 0 unspecified atom stereocenters. The monoisotopic (exact) mass is 1780 g/mol. The van der Waals surface area contributed by atoms with Crippen LogP contribution in [-0.2, 0) is 43.7 Å². The Morgan fingerprint density at radius 3 is 1.26 bits per heavy atom. The molecule has 102 heavy (non-hydrogen) atoms. The van der Waals surface area contributed by atoms with E-state index in [-0.39, 0.29) is 78.9 Å². The molecule has 3 aliphatic rings. The molecule has 536 valence electrons. The van der Waals surface area contributed by atoms with Crippen LogP contribution in [0.25, 0.3) is 0 Å². The molecular formula is C84H96I3N7O6V2-2. The normalized spacial score (nSPS) is 13.5. The van der Waals surface area contributed by atoms with Crippen molar-refractivity contribution in [3.05, 3.63) is 260 Å². The molecule has 3 fully saturated rings. The van der Waals surface area contributed by atoms with Crippen molar-refractivity contribution in [2.45, 2.75) is 133 Å². The number of aldehydes is 1. The number of hydrogen-bond acceptors (Lipinski definition) is 10. The van der Waals surface area contributed by atoms with E-state index >= 15 is 0 Å². The van der Waals surface area contributed by atoms with E-state index < -0.39 is 0 Å². The molecule has 0 atom stereocenters. The summed E-state index contributed by atoms with van der Waals surface area (Å²) >= 11 is 6.27. The van der Waals surface area contributed by atoms with Crippen LogP contribution in [0.5, 0.6) is 11.5 Å². The Labute approximate surface area is 672 Å². The van der Waals surface area contributed by atoms with E-state index in [1.807, 2.05) is 175 Å².